The summed E-state index contributed by atoms with van der Waals surface area (Å²) in [6, 6.07) is 3.50. The summed E-state index contributed by atoms with van der Waals surface area (Å²) in [5.74, 6) is 0.472. The summed E-state index contributed by atoms with van der Waals surface area (Å²) >= 11 is 6.16. The smallest absolute Gasteiger partial charge is 0.255 e. The Balaban J connectivity index is 1.65. The lowest BCUT2D eigenvalue weighted by Crippen LogP contribution is -2.41. The number of fused-ring (bicyclic) bond motifs is 1. The first-order valence-electron chi connectivity index (χ1n) is 7.91. The maximum Gasteiger partial charge on any atom is 0.255 e. The Morgan fingerprint density at radius 3 is 2.83 bits per heavy atom. The molecule has 0 atom stereocenters. The van der Waals surface area contributed by atoms with Crippen LogP contribution in [0, 0.1) is 0 Å². The number of nitrogens with zero attached hydrogens (tertiary/aromatic N) is 2. The Hall–Kier alpha value is -1.50. The van der Waals surface area contributed by atoms with E-state index in [0.717, 1.165) is 45.1 Å². The topological polar surface area (TPSA) is 54.0 Å². The van der Waals surface area contributed by atoms with Gasteiger partial charge in [0.25, 0.3) is 5.91 Å². The van der Waals surface area contributed by atoms with Crippen LogP contribution in [0.2, 0.25) is 5.02 Å². The highest BCUT2D eigenvalue weighted by Gasteiger charge is 2.23. The fourth-order valence-electron chi connectivity index (χ4n) is 2.84. The van der Waals surface area contributed by atoms with Crippen molar-refractivity contribution in [2.45, 2.75) is 0 Å². The molecule has 6 nitrogen and oxygen atoms in total. The Kier molecular flexibility index (Phi) is 5.25. The third-order valence-corrected chi connectivity index (χ3v) is 4.40. The number of benzene rings is 1. The van der Waals surface area contributed by atoms with Crippen molar-refractivity contribution in [3.05, 3.63) is 22.7 Å². The number of carbonyl (C=O) groups excluding carboxylic acids is 1. The third kappa shape index (κ3) is 3.88. The van der Waals surface area contributed by atoms with Crippen LogP contribution in [-0.4, -0.2) is 70.4 Å². The van der Waals surface area contributed by atoms with Gasteiger partial charge in [0, 0.05) is 38.2 Å². The molecule has 126 valence electrons. The minimum absolute atomic E-state index is 0.146. The minimum Gasteiger partial charge on any atom is -0.489 e. The second-order valence-electron chi connectivity index (χ2n) is 5.78. The molecule has 1 N–H and O–H groups in total. The van der Waals surface area contributed by atoms with Crippen molar-refractivity contribution in [1.82, 2.24) is 10.2 Å². The van der Waals surface area contributed by atoms with Gasteiger partial charge >= 0.3 is 0 Å². The van der Waals surface area contributed by atoms with E-state index >= 15 is 0 Å². The van der Waals surface area contributed by atoms with Crippen LogP contribution in [-0.2, 0) is 4.74 Å². The van der Waals surface area contributed by atoms with Gasteiger partial charge in [0.2, 0.25) is 0 Å². The first-order valence-corrected chi connectivity index (χ1v) is 8.29. The molecule has 1 fully saturated rings. The van der Waals surface area contributed by atoms with E-state index < -0.39 is 0 Å². The number of carbonyl (C=O) groups is 1. The standard InChI is InChI=1S/C16H22ClN3O3/c1-19-4-9-23-15-13(10-12(17)11-14(15)19)16(21)18-2-3-20-5-7-22-8-6-20/h10-11H,2-9H2,1H3,(H,18,21). The maximum atomic E-state index is 12.5. The van der Waals surface area contributed by atoms with Gasteiger partial charge in [0.15, 0.2) is 5.75 Å². The molecule has 1 amide bonds. The summed E-state index contributed by atoms with van der Waals surface area (Å²) in [4.78, 5) is 16.8. The number of hydrogen-bond acceptors (Lipinski definition) is 5. The lowest BCUT2D eigenvalue weighted by molar-refractivity contribution is 0.0383. The van der Waals surface area contributed by atoms with Gasteiger partial charge in [-0.2, -0.15) is 0 Å². The van der Waals surface area contributed by atoms with Crippen LogP contribution in [0.4, 0.5) is 5.69 Å². The van der Waals surface area contributed by atoms with E-state index in [1.54, 1.807) is 6.07 Å². The Bertz CT molecular complexity index is 576. The fourth-order valence-corrected chi connectivity index (χ4v) is 3.05. The molecule has 1 aromatic rings. The summed E-state index contributed by atoms with van der Waals surface area (Å²) in [5, 5.41) is 3.50. The summed E-state index contributed by atoms with van der Waals surface area (Å²) in [7, 11) is 1.97. The number of hydrogen-bond donors (Lipinski definition) is 1. The van der Waals surface area contributed by atoms with Crippen LogP contribution in [0.5, 0.6) is 5.75 Å². The van der Waals surface area contributed by atoms with E-state index in [-0.39, 0.29) is 5.91 Å². The average molecular weight is 340 g/mol. The third-order valence-electron chi connectivity index (χ3n) is 4.18. The highest BCUT2D eigenvalue weighted by atomic mass is 35.5. The molecule has 0 aliphatic carbocycles. The van der Waals surface area contributed by atoms with Gasteiger partial charge in [-0.25, -0.2) is 0 Å². The van der Waals surface area contributed by atoms with Crippen LogP contribution in [0.1, 0.15) is 10.4 Å². The van der Waals surface area contributed by atoms with Gasteiger partial charge in [-0.05, 0) is 12.1 Å². The molecule has 0 aromatic heterocycles. The number of anilines is 1. The highest BCUT2D eigenvalue weighted by molar-refractivity contribution is 6.31. The van der Waals surface area contributed by atoms with Crippen LogP contribution in [0.15, 0.2) is 12.1 Å². The fraction of sp³-hybridized carbons (Fsp3) is 0.562. The summed E-state index contributed by atoms with van der Waals surface area (Å²) < 4.78 is 11.0. The molecule has 0 spiro atoms. The number of ether oxygens (including phenoxy) is 2. The minimum atomic E-state index is -0.146. The van der Waals surface area contributed by atoms with E-state index in [0.29, 0.717) is 29.5 Å². The molecule has 2 heterocycles. The molecule has 23 heavy (non-hydrogen) atoms. The van der Waals surface area contributed by atoms with Crippen LogP contribution >= 0.6 is 11.6 Å². The van der Waals surface area contributed by atoms with Crippen LogP contribution < -0.4 is 15.0 Å². The van der Waals surface area contributed by atoms with Crippen LogP contribution in [0.25, 0.3) is 0 Å². The molecular weight excluding hydrogens is 318 g/mol. The Morgan fingerprint density at radius 2 is 2.04 bits per heavy atom. The maximum absolute atomic E-state index is 12.5. The van der Waals surface area contributed by atoms with E-state index in [2.05, 4.69) is 15.1 Å². The lowest BCUT2D eigenvalue weighted by Gasteiger charge is -2.29. The molecule has 1 saturated heterocycles. The van der Waals surface area contributed by atoms with Crippen LogP contribution in [0.3, 0.4) is 0 Å². The Labute approximate surface area is 141 Å². The summed E-state index contributed by atoms with van der Waals surface area (Å²) in [6.07, 6.45) is 0. The molecule has 0 radical (unpaired) electrons. The van der Waals surface area contributed by atoms with Gasteiger partial charge in [-0.1, -0.05) is 11.6 Å². The van der Waals surface area contributed by atoms with Gasteiger partial charge in [-0.3, -0.25) is 9.69 Å². The first-order chi connectivity index (χ1) is 11.1. The Morgan fingerprint density at radius 1 is 1.26 bits per heavy atom. The normalized spacial score (nSPS) is 18.3. The average Bonchev–Trinajstić information content (AvgIpc) is 2.56. The zero-order valence-corrected chi connectivity index (χ0v) is 14.1. The predicted molar refractivity (Wildman–Crippen MR) is 89.8 cm³/mol. The van der Waals surface area contributed by atoms with Gasteiger partial charge in [0.05, 0.1) is 31.0 Å². The van der Waals surface area contributed by atoms with Crippen molar-refractivity contribution < 1.29 is 14.3 Å². The number of nitrogens with one attached hydrogen (secondary N) is 1. The predicted octanol–water partition coefficient (Wildman–Crippen LogP) is 1.23. The molecule has 7 heteroatoms. The highest BCUT2D eigenvalue weighted by Crippen LogP contribution is 2.37. The van der Waals surface area contributed by atoms with Gasteiger partial charge < -0.3 is 19.7 Å². The summed E-state index contributed by atoms with van der Waals surface area (Å²) in [5.41, 5.74) is 1.36. The number of halogens is 1. The quantitative estimate of drug-likeness (QED) is 0.894. The number of morpholine rings is 1. The zero-order valence-electron chi connectivity index (χ0n) is 13.3. The second kappa shape index (κ2) is 7.38. The van der Waals surface area contributed by atoms with E-state index in [4.69, 9.17) is 21.1 Å². The summed E-state index contributed by atoms with van der Waals surface area (Å²) in [6.45, 7) is 6.11. The van der Waals surface area contributed by atoms with Crippen molar-refractivity contribution in [1.29, 1.82) is 0 Å². The van der Waals surface area contributed by atoms with Crippen molar-refractivity contribution in [2.75, 3.05) is 64.5 Å². The van der Waals surface area contributed by atoms with Crippen molar-refractivity contribution in [3.63, 3.8) is 0 Å². The number of amides is 1. The largest absolute Gasteiger partial charge is 0.489 e. The molecule has 3 rings (SSSR count). The lowest BCUT2D eigenvalue weighted by atomic mass is 10.1. The number of likely N-dealkylation sites (N-methyl/N-ethyl adjacent to an activating group) is 1. The van der Waals surface area contributed by atoms with E-state index in [1.807, 2.05) is 13.1 Å². The van der Waals surface area contributed by atoms with Crippen molar-refractivity contribution in [3.8, 4) is 5.75 Å². The molecule has 0 bridgehead atoms. The number of rotatable bonds is 4. The zero-order chi connectivity index (χ0) is 16.2. The van der Waals surface area contributed by atoms with Crippen molar-refractivity contribution >= 4 is 23.2 Å². The molecule has 0 unspecified atom stereocenters. The van der Waals surface area contributed by atoms with Gasteiger partial charge in [-0.15, -0.1) is 0 Å². The first kappa shape index (κ1) is 16.4. The molecule has 1 aromatic carbocycles. The SMILES string of the molecule is CN1CCOc2c(C(=O)NCCN3CCOCC3)cc(Cl)cc21. The van der Waals surface area contributed by atoms with E-state index in [9.17, 15) is 4.79 Å². The second-order valence-corrected chi connectivity index (χ2v) is 6.22. The molecule has 2 aliphatic rings. The molecular formula is C16H22ClN3O3. The van der Waals surface area contributed by atoms with Crippen molar-refractivity contribution in [2.24, 2.45) is 0 Å². The monoisotopic (exact) mass is 339 g/mol. The molecule has 0 saturated carbocycles. The van der Waals surface area contributed by atoms with Gasteiger partial charge in [0.1, 0.15) is 6.61 Å². The van der Waals surface area contributed by atoms with E-state index in [1.165, 1.54) is 0 Å². The molecule has 2 aliphatic heterocycles.